The van der Waals surface area contributed by atoms with Crippen molar-refractivity contribution in [3.8, 4) is 0 Å². The predicted octanol–water partition coefficient (Wildman–Crippen LogP) is 0.370. The number of carbonyl (C=O) groups excluding carboxylic acids is 2. The highest BCUT2D eigenvalue weighted by Crippen LogP contribution is 2.30. The van der Waals surface area contributed by atoms with Gasteiger partial charge in [-0.1, -0.05) is 19.3 Å². The lowest BCUT2D eigenvalue weighted by molar-refractivity contribution is -0.145. The van der Waals surface area contributed by atoms with Gasteiger partial charge in [0, 0.05) is 6.54 Å². The highest BCUT2D eigenvalue weighted by atomic mass is 32.3. The van der Waals surface area contributed by atoms with Crippen molar-refractivity contribution in [2.24, 2.45) is 0 Å². The standard InChI is InChI=1S/C13H21N3O7S/c17-12(14-22-10-4-2-1-3-5-10)11-7-6-9-8-15(11)13(18)16(9)23-24(19,20)21/h9-11H,1-8H2,(H,14,17)(H,19,20,21)/t9-,11?/m0/s1. The summed E-state index contributed by atoms with van der Waals surface area (Å²) in [5.74, 6) is -0.430. The summed E-state index contributed by atoms with van der Waals surface area (Å²) in [5.41, 5.74) is 2.43. The van der Waals surface area contributed by atoms with Gasteiger partial charge in [0.15, 0.2) is 0 Å². The average Bonchev–Trinajstić information content (AvgIpc) is 2.77. The Hall–Kier alpha value is -1.43. The zero-order valence-electron chi connectivity index (χ0n) is 13.1. The summed E-state index contributed by atoms with van der Waals surface area (Å²) < 4.78 is 34.7. The van der Waals surface area contributed by atoms with Crippen LogP contribution >= 0.6 is 0 Å². The fraction of sp³-hybridized carbons (Fsp3) is 0.846. The molecule has 3 rings (SSSR count). The fourth-order valence-electron chi connectivity index (χ4n) is 3.50. The Balaban J connectivity index is 1.58. The summed E-state index contributed by atoms with van der Waals surface area (Å²) in [5, 5.41) is 0.616. The third-order valence-electron chi connectivity index (χ3n) is 4.68. The van der Waals surface area contributed by atoms with Gasteiger partial charge in [-0.05, 0) is 25.7 Å². The molecular formula is C13H21N3O7S. The van der Waals surface area contributed by atoms with Crippen molar-refractivity contribution in [3.63, 3.8) is 0 Å². The van der Waals surface area contributed by atoms with E-state index < -0.39 is 34.4 Å². The van der Waals surface area contributed by atoms with E-state index in [1.807, 2.05) is 0 Å². The van der Waals surface area contributed by atoms with Crippen LogP contribution in [-0.2, 0) is 24.3 Å². The number of amides is 3. The molecule has 0 radical (unpaired) electrons. The van der Waals surface area contributed by atoms with Gasteiger partial charge in [0.1, 0.15) is 6.04 Å². The number of hydrogen-bond acceptors (Lipinski definition) is 6. The van der Waals surface area contributed by atoms with E-state index in [-0.39, 0.29) is 12.6 Å². The molecule has 11 heteroatoms. The lowest BCUT2D eigenvalue weighted by atomic mass is 9.98. The maximum Gasteiger partial charge on any atom is 0.418 e. The van der Waals surface area contributed by atoms with Crippen LogP contribution < -0.4 is 5.48 Å². The van der Waals surface area contributed by atoms with Gasteiger partial charge in [-0.2, -0.15) is 13.5 Å². The van der Waals surface area contributed by atoms with Crippen LogP contribution in [0.4, 0.5) is 4.79 Å². The maximum absolute atomic E-state index is 12.3. The van der Waals surface area contributed by atoms with Crippen molar-refractivity contribution < 1.29 is 31.7 Å². The molecule has 0 aromatic heterocycles. The summed E-state index contributed by atoms with van der Waals surface area (Å²) in [4.78, 5) is 31.2. The number of nitrogens with zero attached hydrogens (tertiary/aromatic N) is 2. The number of hydroxylamine groups is 3. The van der Waals surface area contributed by atoms with Crippen LogP contribution in [0.1, 0.15) is 44.9 Å². The smallest absolute Gasteiger partial charge is 0.309 e. The van der Waals surface area contributed by atoms with Gasteiger partial charge in [0.25, 0.3) is 5.91 Å². The molecule has 2 heterocycles. The monoisotopic (exact) mass is 363 g/mol. The number of nitrogens with one attached hydrogen (secondary N) is 1. The summed E-state index contributed by atoms with van der Waals surface area (Å²) >= 11 is 0. The quantitative estimate of drug-likeness (QED) is 0.534. The van der Waals surface area contributed by atoms with Crippen molar-refractivity contribution >= 4 is 22.3 Å². The largest absolute Gasteiger partial charge is 0.418 e. The SMILES string of the molecule is O=C(NOC1CCCCC1)C1CC[C@H]2CN1C(=O)N2OS(=O)(=O)O. The Morgan fingerprint density at radius 2 is 1.88 bits per heavy atom. The van der Waals surface area contributed by atoms with Gasteiger partial charge in [0.2, 0.25) is 0 Å². The van der Waals surface area contributed by atoms with Crippen LogP contribution in [0.3, 0.4) is 0 Å². The summed E-state index contributed by atoms with van der Waals surface area (Å²) in [6.07, 6.45) is 5.84. The Labute approximate surface area is 139 Å². The highest BCUT2D eigenvalue weighted by molar-refractivity contribution is 7.80. The second kappa shape index (κ2) is 6.82. The molecule has 3 fully saturated rings. The Bertz CT molecular complexity index is 605. The van der Waals surface area contributed by atoms with E-state index in [0.29, 0.717) is 17.9 Å². The molecule has 2 N–H and O–H groups in total. The van der Waals surface area contributed by atoms with E-state index in [9.17, 15) is 18.0 Å². The van der Waals surface area contributed by atoms with E-state index in [2.05, 4.69) is 9.76 Å². The number of hydrogen-bond donors (Lipinski definition) is 2. The van der Waals surface area contributed by atoms with Crippen molar-refractivity contribution in [2.45, 2.75) is 63.1 Å². The van der Waals surface area contributed by atoms with Crippen LogP contribution in [0, 0.1) is 0 Å². The van der Waals surface area contributed by atoms with Crippen LogP contribution in [0.5, 0.6) is 0 Å². The third kappa shape index (κ3) is 3.79. The van der Waals surface area contributed by atoms with Gasteiger partial charge in [-0.25, -0.2) is 10.3 Å². The summed E-state index contributed by atoms with van der Waals surface area (Å²) in [6.45, 7) is 0.163. The first-order chi connectivity index (χ1) is 11.3. The average molecular weight is 363 g/mol. The van der Waals surface area contributed by atoms with Gasteiger partial charge in [0.05, 0.1) is 12.1 Å². The first-order valence-corrected chi connectivity index (χ1v) is 9.44. The highest BCUT2D eigenvalue weighted by Gasteiger charge is 2.49. The van der Waals surface area contributed by atoms with Crippen LogP contribution in [-0.4, -0.2) is 59.6 Å². The molecule has 2 atom stereocenters. The molecule has 10 nitrogen and oxygen atoms in total. The molecule has 2 bridgehead atoms. The second-order valence-corrected chi connectivity index (χ2v) is 7.36. The minimum absolute atomic E-state index is 0.00678. The first kappa shape index (κ1) is 17.4. The molecule has 3 aliphatic rings. The van der Waals surface area contributed by atoms with Gasteiger partial charge >= 0.3 is 16.4 Å². The molecule has 24 heavy (non-hydrogen) atoms. The zero-order chi connectivity index (χ0) is 17.3. The molecule has 3 amide bonds. The minimum Gasteiger partial charge on any atom is -0.309 e. The molecule has 2 aliphatic heterocycles. The topological polar surface area (TPSA) is 125 Å². The zero-order valence-corrected chi connectivity index (χ0v) is 13.9. The van der Waals surface area contributed by atoms with Crippen molar-refractivity contribution in [3.05, 3.63) is 0 Å². The Morgan fingerprint density at radius 3 is 2.54 bits per heavy atom. The molecule has 1 unspecified atom stereocenters. The molecule has 2 saturated heterocycles. The van der Waals surface area contributed by atoms with Crippen LogP contribution in [0.2, 0.25) is 0 Å². The second-order valence-electron chi connectivity index (χ2n) is 6.35. The third-order valence-corrected chi connectivity index (χ3v) is 5.03. The summed E-state index contributed by atoms with van der Waals surface area (Å²) in [7, 11) is -4.79. The maximum atomic E-state index is 12.3. The lowest BCUT2D eigenvalue weighted by Crippen LogP contribution is -2.50. The lowest BCUT2D eigenvalue weighted by Gasteiger charge is -2.30. The normalized spacial score (nSPS) is 28.3. The molecule has 0 aromatic rings. The number of carbonyl (C=O) groups is 2. The number of piperidine rings is 1. The number of rotatable bonds is 5. The van der Waals surface area contributed by atoms with Crippen molar-refractivity contribution in [2.75, 3.05) is 6.54 Å². The predicted molar refractivity (Wildman–Crippen MR) is 79.5 cm³/mol. The van der Waals surface area contributed by atoms with E-state index >= 15 is 0 Å². The molecule has 1 saturated carbocycles. The van der Waals surface area contributed by atoms with E-state index in [4.69, 9.17) is 9.39 Å². The molecule has 1 aliphatic carbocycles. The van der Waals surface area contributed by atoms with Crippen molar-refractivity contribution in [1.29, 1.82) is 0 Å². The minimum atomic E-state index is -4.79. The van der Waals surface area contributed by atoms with Crippen LogP contribution in [0.25, 0.3) is 0 Å². The van der Waals surface area contributed by atoms with E-state index in [0.717, 1.165) is 25.7 Å². The first-order valence-electron chi connectivity index (χ1n) is 8.07. The Kier molecular flexibility index (Phi) is 4.95. The Morgan fingerprint density at radius 1 is 1.17 bits per heavy atom. The number of urea groups is 1. The van der Waals surface area contributed by atoms with Crippen molar-refractivity contribution in [1.82, 2.24) is 15.4 Å². The molecular weight excluding hydrogens is 342 g/mol. The van der Waals surface area contributed by atoms with Gasteiger partial charge < -0.3 is 4.90 Å². The fourth-order valence-corrected chi connectivity index (χ4v) is 3.88. The summed E-state index contributed by atoms with van der Waals surface area (Å²) in [6, 6.07) is -2.01. The van der Waals surface area contributed by atoms with Crippen LogP contribution in [0.15, 0.2) is 0 Å². The van der Waals surface area contributed by atoms with E-state index in [1.165, 1.54) is 11.3 Å². The van der Waals surface area contributed by atoms with E-state index in [1.54, 1.807) is 0 Å². The number of fused-ring (bicyclic) bond motifs is 2. The molecule has 136 valence electrons. The van der Waals surface area contributed by atoms with Gasteiger partial charge in [-0.3, -0.25) is 14.2 Å². The molecule has 0 aromatic carbocycles. The van der Waals surface area contributed by atoms with Gasteiger partial charge in [-0.15, -0.1) is 4.28 Å². The molecule has 0 spiro atoms.